The van der Waals surface area contributed by atoms with Gasteiger partial charge in [0.15, 0.2) is 0 Å². The zero-order valence-electron chi connectivity index (χ0n) is 9.77. The Morgan fingerprint density at radius 3 is 2.88 bits per heavy atom. The first-order valence-electron chi connectivity index (χ1n) is 5.32. The van der Waals surface area contributed by atoms with Crippen molar-refractivity contribution in [3.63, 3.8) is 0 Å². The number of hydrogen-bond acceptors (Lipinski definition) is 4. The molecule has 1 atom stereocenters. The second kappa shape index (κ2) is 6.44. The lowest BCUT2D eigenvalue weighted by Gasteiger charge is -2.14. The summed E-state index contributed by atoms with van der Waals surface area (Å²) in [5, 5.41) is 13.7. The molecule has 6 heteroatoms. The van der Waals surface area contributed by atoms with E-state index >= 15 is 0 Å². The molecule has 1 unspecified atom stereocenters. The van der Waals surface area contributed by atoms with Crippen molar-refractivity contribution in [2.75, 3.05) is 16.8 Å². The van der Waals surface area contributed by atoms with E-state index in [1.807, 2.05) is 13.8 Å². The van der Waals surface area contributed by atoms with Crippen molar-refractivity contribution in [3.8, 4) is 0 Å². The Hall–Kier alpha value is -1.30. The number of nitro groups is 1. The van der Waals surface area contributed by atoms with Crippen molar-refractivity contribution in [2.45, 2.75) is 19.9 Å². The minimum atomic E-state index is -0.512. The van der Waals surface area contributed by atoms with Crippen molar-refractivity contribution in [1.82, 2.24) is 0 Å². The van der Waals surface area contributed by atoms with Crippen molar-refractivity contribution in [3.05, 3.63) is 34.1 Å². The van der Waals surface area contributed by atoms with Gasteiger partial charge >= 0.3 is 0 Å². The number of rotatable bonds is 6. The van der Waals surface area contributed by atoms with Crippen LogP contribution in [0, 0.1) is 15.9 Å². The van der Waals surface area contributed by atoms with Gasteiger partial charge in [-0.05, 0) is 18.7 Å². The summed E-state index contributed by atoms with van der Waals surface area (Å²) in [6.07, 6.45) is 0. The smallest absolute Gasteiger partial charge is 0.292 e. The van der Waals surface area contributed by atoms with Gasteiger partial charge in [0.05, 0.1) is 4.92 Å². The van der Waals surface area contributed by atoms with Gasteiger partial charge in [-0.1, -0.05) is 6.92 Å². The zero-order valence-corrected chi connectivity index (χ0v) is 10.6. The van der Waals surface area contributed by atoms with Crippen LogP contribution in [0.1, 0.15) is 13.8 Å². The number of anilines is 1. The molecule has 1 rings (SSSR count). The molecule has 17 heavy (non-hydrogen) atoms. The molecule has 0 aliphatic heterocycles. The first-order chi connectivity index (χ1) is 8.04. The van der Waals surface area contributed by atoms with Crippen LogP contribution >= 0.6 is 11.8 Å². The van der Waals surface area contributed by atoms with Gasteiger partial charge < -0.3 is 5.32 Å². The van der Waals surface area contributed by atoms with Crippen molar-refractivity contribution in [2.24, 2.45) is 0 Å². The largest absolute Gasteiger partial charge is 0.376 e. The molecule has 0 aliphatic rings. The van der Waals surface area contributed by atoms with E-state index in [4.69, 9.17) is 0 Å². The number of benzene rings is 1. The summed E-state index contributed by atoms with van der Waals surface area (Å²) in [5.41, 5.74) is 0.138. The molecule has 1 aromatic carbocycles. The van der Waals surface area contributed by atoms with Crippen molar-refractivity contribution < 1.29 is 9.31 Å². The Morgan fingerprint density at radius 1 is 1.59 bits per heavy atom. The zero-order chi connectivity index (χ0) is 12.8. The highest BCUT2D eigenvalue weighted by Crippen LogP contribution is 2.25. The van der Waals surface area contributed by atoms with Gasteiger partial charge in [0.2, 0.25) is 0 Å². The Morgan fingerprint density at radius 2 is 2.29 bits per heavy atom. The molecule has 0 bridgehead atoms. The average Bonchev–Trinajstić information content (AvgIpc) is 2.26. The van der Waals surface area contributed by atoms with Gasteiger partial charge in [0.1, 0.15) is 11.5 Å². The average molecular weight is 258 g/mol. The van der Waals surface area contributed by atoms with Gasteiger partial charge in [-0.3, -0.25) is 10.1 Å². The van der Waals surface area contributed by atoms with Crippen LogP contribution in [-0.2, 0) is 0 Å². The minimum absolute atomic E-state index is 0.0560. The van der Waals surface area contributed by atoms with E-state index in [9.17, 15) is 14.5 Å². The Bertz CT molecular complexity index is 401. The molecule has 0 amide bonds. The summed E-state index contributed by atoms with van der Waals surface area (Å²) in [4.78, 5) is 10.3. The number of nitro benzene ring substituents is 1. The number of hydrogen-bond donors (Lipinski definition) is 1. The maximum atomic E-state index is 13.0. The van der Waals surface area contributed by atoms with E-state index < -0.39 is 10.7 Å². The van der Waals surface area contributed by atoms with Gasteiger partial charge in [-0.25, -0.2) is 4.39 Å². The maximum absolute atomic E-state index is 13.0. The lowest BCUT2D eigenvalue weighted by molar-refractivity contribution is -0.384. The monoisotopic (exact) mass is 258 g/mol. The highest BCUT2D eigenvalue weighted by Gasteiger charge is 2.15. The molecule has 0 fully saturated rings. The molecule has 0 aliphatic carbocycles. The van der Waals surface area contributed by atoms with Crippen LogP contribution in [-0.4, -0.2) is 22.5 Å². The summed E-state index contributed by atoms with van der Waals surface area (Å²) in [6.45, 7) is 3.96. The summed E-state index contributed by atoms with van der Waals surface area (Å²) in [6, 6.07) is 3.48. The normalized spacial score (nSPS) is 12.2. The van der Waals surface area contributed by atoms with E-state index in [1.165, 1.54) is 6.07 Å². The second-order valence-corrected chi connectivity index (χ2v) is 4.94. The number of nitrogens with one attached hydrogen (secondary N) is 1. The molecule has 0 spiro atoms. The molecule has 1 aromatic rings. The van der Waals surface area contributed by atoms with Crippen LogP contribution in [0.5, 0.6) is 0 Å². The number of halogens is 1. The van der Waals surface area contributed by atoms with Gasteiger partial charge in [0.25, 0.3) is 5.69 Å². The fourth-order valence-electron chi connectivity index (χ4n) is 1.38. The third kappa shape index (κ3) is 4.22. The molecule has 0 aromatic heterocycles. The molecule has 0 saturated heterocycles. The van der Waals surface area contributed by atoms with E-state index in [-0.39, 0.29) is 17.4 Å². The van der Waals surface area contributed by atoms with Gasteiger partial charge in [-0.2, -0.15) is 11.8 Å². The van der Waals surface area contributed by atoms with Crippen molar-refractivity contribution >= 4 is 23.1 Å². The first-order valence-corrected chi connectivity index (χ1v) is 6.48. The Labute approximate surface area is 104 Å². The van der Waals surface area contributed by atoms with Crippen LogP contribution in [0.25, 0.3) is 0 Å². The molecule has 0 heterocycles. The molecular formula is C11H15FN2O2S. The summed E-state index contributed by atoms with van der Waals surface area (Å²) in [5.74, 6) is 1.33. The van der Waals surface area contributed by atoms with Crippen LogP contribution in [0.2, 0.25) is 0 Å². The molecule has 1 N–H and O–H groups in total. The third-order valence-corrected chi connectivity index (χ3v) is 3.27. The minimum Gasteiger partial charge on any atom is -0.376 e. The van der Waals surface area contributed by atoms with Crippen LogP contribution in [0.3, 0.4) is 0 Å². The third-order valence-electron chi connectivity index (χ3n) is 2.13. The lowest BCUT2D eigenvalue weighted by Crippen LogP contribution is -2.19. The summed E-state index contributed by atoms with van der Waals surface area (Å²) < 4.78 is 13.0. The number of thioether (sulfide) groups is 1. The van der Waals surface area contributed by atoms with E-state index in [2.05, 4.69) is 5.32 Å². The van der Waals surface area contributed by atoms with Crippen LogP contribution < -0.4 is 5.32 Å². The molecule has 4 nitrogen and oxygen atoms in total. The molecule has 94 valence electrons. The van der Waals surface area contributed by atoms with Crippen molar-refractivity contribution in [1.29, 1.82) is 0 Å². The van der Waals surface area contributed by atoms with Gasteiger partial charge in [-0.15, -0.1) is 0 Å². The Balaban J connectivity index is 2.81. The van der Waals surface area contributed by atoms with E-state index in [1.54, 1.807) is 11.8 Å². The van der Waals surface area contributed by atoms with E-state index in [0.717, 1.165) is 23.6 Å². The Kier molecular flexibility index (Phi) is 5.21. The highest BCUT2D eigenvalue weighted by molar-refractivity contribution is 7.99. The fraction of sp³-hybridized carbons (Fsp3) is 0.455. The second-order valence-electron chi connectivity index (χ2n) is 3.62. The highest BCUT2D eigenvalue weighted by atomic mass is 32.2. The SMILES string of the molecule is CCSCC(C)Nc1cc(F)ccc1[N+](=O)[O-]. The fourth-order valence-corrected chi connectivity index (χ4v) is 2.06. The summed E-state index contributed by atoms with van der Waals surface area (Å²) >= 11 is 1.73. The summed E-state index contributed by atoms with van der Waals surface area (Å²) in [7, 11) is 0. The quantitative estimate of drug-likeness (QED) is 0.628. The predicted octanol–water partition coefficient (Wildman–Crippen LogP) is 3.29. The first kappa shape index (κ1) is 13.8. The lowest BCUT2D eigenvalue weighted by atomic mass is 10.2. The van der Waals surface area contributed by atoms with Crippen LogP contribution in [0.4, 0.5) is 15.8 Å². The molecule has 0 radical (unpaired) electrons. The predicted molar refractivity (Wildman–Crippen MR) is 69.1 cm³/mol. The van der Waals surface area contributed by atoms with Gasteiger partial charge in [0, 0.05) is 23.9 Å². The van der Waals surface area contributed by atoms with Crippen LogP contribution in [0.15, 0.2) is 18.2 Å². The molecule has 0 saturated carbocycles. The maximum Gasteiger partial charge on any atom is 0.292 e. The number of nitrogens with zero attached hydrogens (tertiary/aromatic N) is 1. The standard InChI is InChI=1S/C11H15FN2O2S/c1-3-17-7-8(2)13-10-6-9(12)4-5-11(10)14(15)16/h4-6,8,13H,3,7H2,1-2H3. The van der Waals surface area contributed by atoms with E-state index in [0.29, 0.717) is 0 Å². The topological polar surface area (TPSA) is 55.2 Å². The molecular weight excluding hydrogens is 243 g/mol.